The number of hydrogen-bond acceptors (Lipinski definition) is 6. The summed E-state index contributed by atoms with van der Waals surface area (Å²) in [5, 5.41) is 8.10. The summed E-state index contributed by atoms with van der Waals surface area (Å²) in [7, 11) is 0. The Morgan fingerprint density at radius 3 is 3.10 bits per heavy atom. The van der Waals surface area contributed by atoms with Crippen molar-refractivity contribution >= 4 is 0 Å². The van der Waals surface area contributed by atoms with Crippen molar-refractivity contribution < 1.29 is 8.83 Å². The zero-order chi connectivity index (χ0) is 13.9. The molecule has 0 saturated carbocycles. The molecule has 3 rings (SSSR count). The highest BCUT2D eigenvalue weighted by Crippen LogP contribution is 2.24. The number of piperidine rings is 1. The highest BCUT2D eigenvalue weighted by atomic mass is 16.4. The molecule has 2 N–H and O–H groups in total. The smallest absolute Gasteiger partial charge is 0.283 e. The van der Waals surface area contributed by atoms with Crippen LogP contribution >= 0.6 is 0 Å². The maximum absolute atomic E-state index is 5.83. The van der Waals surface area contributed by atoms with Crippen molar-refractivity contribution in [2.75, 3.05) is 19.6 Å². The molecule has 2 unspecified atom stereocenters. The Balaban J connectivity index is 1.64. The lowest BCUT2D eigenvalue weighted by atomic mass is 9.87. The highest BCUT2D eigenvalue weighted by Gasteiger charge is 2.26. The Labute approximate surface area is 117 Å². The Bertz CT molecular complexity index is 537. The minimum Gasteiger partial charge on any atom is -0.459 e. The van der Waals surface area contributed by atoms with Gasteiger partial charge in [0, 0.05) is 6.54 Å². The summed E-state index contributed by atoms with van der Waals surface area (Å²) >= 11 is 0. The molecule has 1 fully saturated rings. The van der Waals surface area contributed by atoms with Gasteiger partial charge in [-0.2, -0.15) is 0 Å². The van der Waals surface area contributed by atoms with Gasteiger partial charge in [0.25, 0.3) is 5.89 Å². The van der Waals surface area contributed by atoms with E-state index >= 15 is 0 Å². The van der Waals surface area contributed by atoms with Crippen molar-refractivity contribution in [2.45, 2.75) is 19.9 Å². The molecule has 0 bridgehead atoms. The fourth-order valence-electron chi connectivity index (χ4n) is 2.68. The van der Waals surface area contributed by atoms with E-state index in [1.54, 1.807) is 12.3 Å². The summed E-state index contributed by atoms with van der Waals surface area (Å²) < 4.78 is 10.9. The maximum atomic E-state index is 5.83. The van der Waals surface area contributed by atoms with Crippen molar-refractivity contribution in [2.24, 2.45) is 17.6 Å². The van der Waals surface area contributed by atoms with Crippen LogP contribution in [0.4, 0.5) is 0 Å². The van der Waals surface area contributed by atoms with Gasteiger partial charge in [-0.15, -0.1) is 10.2 Å². The lowest BCUT2D eigenvalue weighted by Crippen LogP contribution is -2.42. The van der Waals surface area contributed by atoms with Gasteiger partial charge < -0.3 is 14.6 Å². The van der Waals surface area contributed by atoms with Crippen molar-refractivity contribution in [1.82, 2.24) is 15.1 Å². The monoisotopic (exact) mass is 276 g/mol. The fourth-order valence-corrected chi connectivity index (χ4v) is 2.68. The average Bonchev–Trinajstić information content (AvgIpc) is 3.11. The van der Waals surface area contributed by atoms with E-state index in [4.69, 9.17) is 14.6 Å². The Morgan fingerprint density at radius 2 is 2.35 bits per heavy atom. The Hall–Kier alpha value is -1.66. The van der Waals surface area contributed by atoms with Crippen molar-refractivity contribution in [1.29, 1.82) is 0 Å². The molecular weight excluding hydrogens is 256 g/mol. The first kappa shape index (κ1) is 13.3. The SMILES string of the molecule is CC1CCN(Cc2nnc(-c3ccco3)o2)CC1CN. The summed E-state index contributed by atoms with van der Waals surface area (Å²) in [4.78, 5) is 2.33. The molecule has 6 heteroatoms. The molecule has 0 radical (unpaired) electrons. The second-order valence-electron chi connectivity index (χ2n) is 5.48. The third kappa shape index (κ3) is 2.76. The van der Waals surface area contributed by atoms with Crippen molar-refractivity contribution in [3.05, 3.63) is 24.3 Å². The zero-order valence-corrected chi connectivity index (χ0v) is 11.7. The Morgan fingerprint density at radius 1 is 1.45 bits per heavy atom. The number of furan rings is 1. The van der Waals surface area contributed by atoms with Gasteiger partial charge in [-0.1, -0.05) is 6.92 Å². The standard InChI is InChI=1S/C14H20N4O2/c1-10-4-5-18(8-11(10)7-15)9-13-16-17-14(20-13)12-3-2-6-19-12/h2-3,6,10-11H,4-5,7-9,15H2,1H3. The lowest BCUT2D eigenvalue weighted by molar-refractivity contribution is 0.117. The van der Waals surface area contributed by atoms with E-state index in [1.165, 1.54) is 6.42 Å². The molecule has 2 aromatic rings. The molecule has 3 heterocycles. The minimum absolute atomic E-state index is 0.436. The van der Waals surface area contributed by atoms with E-state index < -0.39 is 0 Å². The van der Waals surface area contributed by atoms with Crippen LogP contribution in [0, 0.1) is 11.8 Å². The first-order valence-electron chi connectivity index (χ1n) is 7.05. The predicted octanol–water partition coefficient (Wildman–Crippen LogP) is 1.75. The zero-order valence-electron chi connectivity index (χ0n) is 11.7. The summed E-state index contributed by atoms with van der Waals surface area (Å²) in [5.74, 6) is 2.91. The van der Waals surface area contributed by atoms with E-state index in [-0.39, 0.29) is 0 Å². The van der Waals surface area contributed by atoms with E-state index in [0.717, 1.165) is 19.6 Å². The van der Waals surface area contributed by atoms with Crippen LogP contribution < -0.4 is 5.73 Å². The quantitative estimate of drug-likeness (QED) is 0.916. The number of nitrogens with zero attached hydrogens (tertiary/aromatic N) is 3. The predicted molar refractivity (Wildman–Crippen MR) is 73.6 cm³/mol. The first-order valence-corrected chi connectivity index (χ1v) is 7.05. The molecule has 6 nitrogen and oxygen atoms in total. The number of aromatic nitrogens is 2. The largest absolute Gasteiger partial charge is 0.459 e. The molecule has 0 amide bonds. The second kappa shape index (κ2) is 5.76. The lowest BCUT2D eigenvalue weighted by Gasteiger charge is -2.35. The van der Waals surface area contributed by atoms with Crippen molar-refractivity contribution in [3.8, 4) is 11.7 Å². The maximum Gasteiger partial charge on any atom is 0.283 e. The van der Waals surface area contributed by atoms with Crippen LogP contribution in [-0.4, -0.2) is 34.7 Å². The summed E-state index contributed by atoms with van der Waals surface area (Å²) in [6.45, 7) is 5.74. The molecule has 1 saturated heterocycles. The number of likely N-dealkylation sites (tertiary alicyclic amines) is 1. The van der Waals surface area contributed by atoms with E-state index in [2.05, 4.69) is 22.0 Å². The average molecular weight is 276 g/mol. The summed E-state index contributed by atoms with van der Waals surface area (Å²) in [6, 6.07) is 3.61. The van der Waals surface area contributed by atoms with Gasteiger partial charge in [-0.25, -0.2) is 0 Å². The first-order chi connectivity index (χ1) is 9.76. The van der Waals surface area contributed by atoms with Crippen LogP contribution in [0.5, 0.6) is 0 Å². The highest BCUT2D eigenvalue weighted by molar-refractivity contribution is 5.42. The van der Waals surface area contributed by atoms with E-state index in [0.29, 0.717) is 35.9 Å². The van der Waals surface area contributed by atoms with Crippen molar-refractivity contribution in [3.63, 3.8) is 0 Å². The van der Waals surface area contributed by atoms with Crippen LogP contribution in [0.2, 0.25) is 0 Å². The molecule has 108 valence electrons. The van der Waals surface area contributed by atoms with Crippen LogP contribution in [0.3, 0.4) is 0 Å². The molecule has 2 aromatic heterocycles. The molecule has 0 aliphatic carbocycles. The minimum atomic E-state index is 0.436. The van der Waals surface area contributed by atoms with Gasteiger partial charge in [0.15, 0.2) is 5.76 Å². The van der Waals surface area contributed by atoms with Gasteiger partial charge in [-0.05, 0) is 43.5 Å². The van der Waals surface area contributed by atoms with E-state index in [9.17, 15) is 0 Å². The summed E-state index contributed by atoms with van der Waals surface area (Å²) in [5.41, 5.74) is 5.83. The Kier molecular flexibility index (Phi) is 3.84. The van der Waals surface area contributed by atoms with Crippen LogP contribution in [-0.2, 0) is 6.54 Å². The van der Waals surface area contributed by atoms with Gasteiger partial charge in [0.2, 0.25) is 5.89 Å². The van der Waals surface area contributed by atoms with Crippen LogP contribution in [0.25, 0.3) is 11.7 Å². The van der Waals surface area contributed by atoms with Gasteiger partial charge in [-0.3, -0.25) is 4.90 Å². The van der Waals surface area contributed by atoms with Crippen LogP contribution in [0.15, 0.2) is 27.2 Å². The van der Waals surface area contributed by atoms with Crippen LogP contribution in [0.1, 0.15) is 19.2 Å². The molecule has 1 aliphatic rings. The second-order valence-corrected chi connectivity index (χ2v) is 5.48. The molecular formula is C14H20N4O2. The molecule has 20 heavy (non-hydrogen) atoms. The van der Waals surface area contributed by atoms with E-state index in [1.807, 2.05) is 6.07 Å². The summed E-state index contributed by atoms with van der Waals surface area (Å²) in [6.07, 6.45) is 2.76. The topological polar surface area (TPSA) is 81.3 Å². The fraction of sp³-hybridized carbons (Fsp3) is 0.571. The number of hydrogen-bond donors (Lipinski definition) is 1. The number of nitrogens with two attached hydrogens (primary N) is 1. The third-order valence-electron chi connectivity index (χ3n) is 4.06. The number of rotatable bonds is 4. The van der Waals surface area contributed by atoms with Gasteiger partial charge >= 0.3 is 0 Å². The third-order valence-corrected chi connectivity index (χ3v) is 4.06. The molecule has 2 atom stereocenters. The normalized spacial score (nSPS) is 24.1. The van der Waals surface area contributed by atoms with Gasteiger partial charge in [0.05, 0.1) is 12.8 Å². The molecule has 1 aliphatic heterocycles. The van der Waals surface area contributed by atoms with Gasteiger partial charge in [0.1, 0.15) is 0 Å². The molecule has 0 spiro atoms. The molecule has 0 aromatic carbocycles.